The molecule has 0 aromatic carbocycles. The highest BCUT2D eigenvalue weighted by atomic mass is 32.2. The molecule has 3 aliphatic rings. The lowest BCUT2D eigenvalue weighted by atomic mass is 9.98. The van der Waals surface area contributed by atoms with Crippen molar-refractivity contribution >= 4 is 24.0 Å². The number of hydrogen-bond donors (Lipinski definition) is 0. The van der Waals surface area contributed by atoms with Crippen LogP contribution >= 0.6 is 11.8 Å². The van der Waals surface area contributed by atoms with Crippen molar-refractivity contribution in [2.75, 3.05) is 13.1 Å². The van der Waals surface area contributed by atoms with Crippen LogP contribution in [0.15, 0.2) is 4.99 Å². The highest BCUT2D eigenvalue weighted by Crippen LogP contribution is 2.51. The fourth-order valence-corrected chi connectivity index (χ4v) is 4.91. The number of β-lactam (4-membered cyclic amide) rings is 1. The molecule has 3 saturated heterocycles. The summed E-state index contributed by atoms with van der Waals surface area (Å²) in [7, 11) is 0. The van der Waals surface area contributed by atoms with Gasteiger partial charge in [-0.15, -0.1) is 11.8 Å². The molecule has 112 valence electrons. The molecule has 3 fully saturated rings. The van der Waals surface area contributed by atoms with E-state index in [1.165, 1.54) is 25.7 Å². The van der Waals surface area contributed by atoms with Gasteiger partial charge >= 0.3 is 0 Å². The first kappa shape index (κ1) is 14.2. The van der Waals surface area contributed by atoms with Crippen molar-refractivity contribution in [3.63, 3.8) is 0 Å². The summed E-state index contributed by atoms with van der Waals surface area (Å²) in [5.74, 6) is 0.214. The largest absolute Gasteiger partial charge is 0.363 e. The standard InChI is InChI=1S/C15H25N3OS/c1-11-15(2,3)20-14-12(13(19)18(11)14)16-10-17-8-6-4-5-7-9-17/h10-12,14H,4-9H2,1-3H3/b16-10+. The molecule has 3 atom stereocenters. The lowest BCUT2D eigenvalue weighted by molar-refractivity contribution is -0.146. The fourth-order valence-electron chi connectivity index (χ4n) is 3.26. The number of fused-ring (bicyclic) bond motifs is 1. The van der Waals surface area contributed by atoms with Gasteiger partial charge in [-0.1, -0.05) is 12.8 Å². The number of amides is 1. The zero-order chi connectivity index (χ0) is 14.3. The van der Waals surface area contributed by atoms with Gasteiger partial charge in [0.05, 0.1) is 6.34 Å². The Balaban J connectivity index is 1.63. The second-order valence-corrected chi connectivity index (χ2v) is 8.46. The van der Waals surface area contributed by atoms with Crippen molar-refractivity contribution in [3.05, 3.63) is 0 Å². The highest BCUT2D eigenvalue weighted by Gasteiger charge is 2.59. The minimum Gasteiger partial charge on any atom is -0.363 e. The first-order chi connectivity index (χ1) is 9.50. The number of likely N-dealkylation sites (tertiary alicyclic amines) is 1. The Bertz CT molecular complexity index is 415. The summed E-state index contributed by atoms with van der Waals surface area (Å²) in [6.45, 7) is 8.79. The Morgan fingerprint density at radius 2 is 1.90 bits per heavy atom. The Labute approximate surface area is 126 Å². The maximum Gasteiger partial charge on any atom is 0.251 e. The molecule has 5 heteroatoms. The van der Waals surface area contributed by atoms with Gasteiger partial charge in [0, 0.05) is 23.9 Å². The molecule has 0 aliphatic carbocycles. The quantitative estimate of drug-likeness (QED) is 0.446. The molecule has 0 radical (unpaired) electrons. The van der Waals surface area contributed by atoms with Crippen molar-refractivity contribution in [3.8, 4) is 0 Å². The van der Waals surface area contributed by atoms with E-state index in [0.29, 0.717) is 6.04 Å². The predicted molar refractivity (Wildman–Crippen MR) is 84.1 cm³/mol. The monoisotopic (exact) mass is 295 g/mol. The van der Waals surface area contributed by atoms with E-state index in [1.54, 1.807) is 0 Å². The SMILES string of the molecule is CC1N2C(=O)C(/N=C/N3CCCCCC3)C2SC1(C)C. The van der Waals surface area contributed by atoms with Crippen LogP contribution < -0.4 is 0 Å². The number of aliphatic imine (C=N–C) groups is 1. The van der Waals surface area contributed by atoms with Crippen LogP contribution in [-0.2, 0) is 4.79 Å². The van der Waals surface area contributed by atoms with E-state index in [4.69, 9.17) is 0 Å². The van der Waals surface area contributed by atoms with Crippen molar-refractivity contribution in [1.29, 1.82) is 0 Å². The summed E-state index contributed by atoms with van der Waals surface area (Å²) in [6, 6.07) is 0.169. The average molecular weight is 295 g/mol. The minimum atomic E-state index is -0.146. The van der Waals surface area contributed by atoms with Gasteiger partial charge in [0.15, 0.2) is 6.04 Å². The van der Waals surface area contributed by atoms with Crippen molar-refractivity contribution in [2.24, 2.45) is 4.99 Å². The van der Waals surface area contributed by atoms with Crippen LogP contribution in [0.4, 0.5) is 0 Å². The summed E-state index contributed by atoms with van der Waals surface area (Å²) in [4.78, 5) is 21.2. The fraction of sp³-hybridized carbons (Fsp3) is 0.867. The van der Waals surface area contributed by atoms with Gasteiger partial charge in [-0.3, -0.25) is 9.79 Å². The average Bonchev–Trinajstić information content (AvgIpc) is 2.60. The van der Waals surface area contributed by atoms with E-state index in [2.05, 4.69) is 30.7 Å². The van der Waals surface area contributed by atoms with Gasteiger partial charge in [0.1, 0.15) is 5.37 Å². The summed E-state index contributed by atoms with van der Waals surface area (Å²) in [6.07, 6.45) is 7.09. The van der Waals surface area contributed by atoms with Gasteiger partial charge in [0.25, 0.3) is 5.91 Å². The minimum absolute atomic E-state index is 0.146. The molecule has 0 N–H and O–H groups in total. The van der Waals surface area contributed by atoms with Crippen molar-refractivity contribution in [1.82, 2.24) is 9.80 Å². The first-order valence-electron chi connectivity index (χ1n) is 7.78. The van der Waals surface area contributed by atoms with Crippen LogP contribution in [0, 0.1) is 0 Å². The van der Waals surface area contributed by atoms with E-state index < -0.39 is 0 Å². The van der Waals surface area contributed by atoms with E-state index in [1.807, 2.05) is 23.0 Å². The number of nitrogens with zero attached hydrogens (tertiary/aromatic N) is 3. The van der Waals surface area contributed by atoms with E-state index in [-0.39, 0.29) is 22.1 Å². The maximum absolute atomic E-state index is 12.3. The highest BCUT2D eigenvalue weighted by molar-refractivity contribution is 8.01. The van der Waals surface area contributed by atoms with Gasteiger partial charge in [-0.05, 0) is 33.6 Å². The van der Waals surface area contributed by atoms with E-state index >= 15 is 0 Å². The van der Waals surface area contributed by atoms with Gasteiger partial charge in [-0.2, -0.15) is 0 Å². The summed E-state index contributed by atoms with van der Waals surface area (Å²) < 4.78 is 0.146. The normalized spacial score (nSPS) is 37.0. The molecule has 20 heavy (non-hydrogen) atoms. The molecule has 3 aliphatic heterocycles. The molecule has 3 rings (SSSR count). The Morgan fingerprint density at radius 1 is 1.25 bits per heavy atom. The lowest BCUT2D eigenvalue weighted by Gasteiger charge is -2.42. The Hall–Kier alpha value is -0.710. The van der Waals surface area contributed by atoms with Crippen LogP contribution in [0.5, 0.6) is 0 Å². The van der Waals surface area contributed by atoms with Crippen LogP contribution in [0.2, 0.25) is 0 Å². The molecule has 0 saturated carbocycles. The van der Waals surface area contributed by atoms with Crippen molar-refractivity contribution < 1.29 is 4.79 Å². The molecule has 3 unspecified atom stereocenters. The number of thioether (sulfide) groups is 1. The van der Waals surface area contributed by atoms with Gasteiger partial charge in [0.2, 0.25) is 0 Å². The molecule has 3 heterocycles. The van der Waals surface area contributed by atoms with Crippen LogP contribution in [0.1, 0.15) is 46.5 Å². The zero-order valence-corrected chi connectivity index (χ0v) is 13.5. The molecular formula is C15H25N3OS. The third kappa shape index (κ3) is 2.34. The smallest absolute Gasteiger partial charge is 0.251 e. The Morgan fingerprint density at radius 3 is 2.55 bits per heavy atom. The number of rotatable bonds is 2. The second kappa shape index (κ2) is 5.24. The van der Waals surface area contributed by atoms with Gasteiger partial charge < -0.3 is 9.80 Å². The first-order valence-corrected chi connectivity index (χ1v) is 8.66. The summed E-state index contributed by atoms with van der Waals surface area (Å²) >= 11 is 1.90. The Kier molecular flexibility index (Phi) is 3.73. The molecule has 0 bridgehead atoms. The maximum atomic E-state index is 12.3. The number of carbonyl (C=O) groups is 1. The lowest BCUT2D eigenvalue weighted by Crippen LogP contribution is -2.62. The number of carbonyl (C=O) groups excluding carboxylic acids is 1. The molecule has 0 aromatic rings. The predicted octanol–water partition coefficient (Wildman–Crippen LogP) is 2.34. The van der Waals surface area contributed by atoms with Crippen LogP contribution in [0.25, 0.3) is 0 Å². The summed E-state index contributed by atoms with van der Waals surface area (Å²) in [5.41, 5.74) is 0. The van der Waals surface area contributed by atoms with Crippen LogP contribution in [0.3, 0.4) is 0 Å². The molecular weight excluding hydrogens is 270 g/mol. The topological polar surface area (TPSA) is 35.9 Å². The third-order valence-corrected chi connectivity index (χ3v) is 6.61. The van der Waals surface area contributed by atoms with Crippen LogP contribution in [-0.4, -0.2) is 57.3 Å². The number of hydrogen-bond acceptors (Lipinski definition) is 3. The van der Waals surface area contributed by atoms with Crippen molar-refractivity contribution in [2.45, 2.75) is 68.7 Å². The summed E-state index contributed by atoms with van der Waals surface area (Å²) in [5, 5.41) is 0.260. The third-order valence-electron chi connectivity index (χ3n) is 4.93. The van der Waals surface area contributed by atoms with E-state index in [9.17, 15) is 4.79 Å². The molecule has 4 nitrogen and oxygen atoms in total. The second-order valence-electron chi connectivity index (χ2n) is 6.69. The molecule has 0 aromatic heterocycles. The van der Waals surface area contributed by atoms with E-state index in [0.717, 1.165) is 13.1 Å². The van der Waals surface area contributed by atoms with Gasteiger partial charge in [-0.25, -0.2) is 0 Å². The zero-order valence-electron chi connectivity index (χ0n) is 12.7. The molecule has 1 amide bonds. The molecule has 0 spiro atoms.